The summed E-state index contributed by atoms with van der Waals surface area (Å²) in [6.45, 7) is 2.82. The zero-order valence-corrected chi connectivity index (χ0v) is 19.6. The molecule has 6 nitrogen and oxygen atoms in total. The zero-order valence-electron chi connectivity index (χ0n) is 19.6. The Kier molecular flexibility index (Phi) is 5.39. The van der Waals surface area contributed by atoms with Crippen LogP contribution in [0.15, 0.2) is 48.5 Å². The molecule has 0 saturated carbocycles. The van der Waals surface area contributed by atoms with Gasteiger partial charge in [0.2, 0.25) is 0 Å². The lowest BCUT2D eigenvalue weighted by Crippen LogP contribution is -2.07. The third kappa shape index (κ3) is 3.68. The van der Waals surface area contributed by atoms with E-state index >= 15 is 0 Å². The summed E-state index contributed by atoms with van der Waals surface area (Å²) in [6, 6.07) is 14.2. The minimum atomic E-state index is -0.919. The number of carboxylic acid groups (broad SMARTS) is 1. The Morgan fingerprint density at radius 1 is 1.06 bits per heavy atom. The molecule has 2 aliphatic heterocycles. The van der Waals surface area contributed by atoms with E-state index in [1.54, 1.807) is 0 Å². The van der Waals surface area contributed by atoms with Gasteiger partial charge in [0.25, 0.3) is 0 Å². The van der Waals surface area contributed by atoms with Gasteiger partial charge in [-0.3, -0.25) is 9.36 Å². The topological polar surface area (TPSA) is 73.6 Å². The van der Waals surface area contributed by atoms with Crippen LogP contribution in [0.5, 0.6) is 11.5 Å². The summed E-state index contributed by atoms with van der Waals surface area (Å²) in [5, 5.41) is 9.13. The van der Waals surface area contributed by atoms with Gasteiger partial charge < -0.3 is 14.6 Å². The van der Waals surface area contributed by atoms with Gasteiger partial charge in [-0.2, -0.15) is 0 Å². The molecule has 4 aromatic rings. The van der Waals surface area contributed by atoms with Crippen molar-refractivity contribution in [2.24, 2.45) is 0 Å². The first kappa shape index (κ1) is 22.5. The number of benzene rings is 3. The highest BCUT2D eigenvalue weighted by Gasteiger charge is 2.30. The number of aryl methyl sites for hydroxylation is 1. The van der Waals surface area contributed by atoms with Crippen molar-refractivity contribution in [1.29, 1.82) is 0 Å². The van der Waals surface area contributed by atoms with Gasteiger partial charge in [-0.1, -0.05) is 31.2 Å². The second kappa shape index (κ2) is 8.62. The molecular formula is C28H24F2N2O4. The molecule has 2 atom stereocenters. The number of rotatable bonds is 6. The largest absolute Gasteiger partial charge is 0.493 e. The fourth-order valence-corrected chi connectivity index (χ4v) is 5.38. The van der Waals surface area contributed by atoms with Crippen LogP contribution in [0.3, 0.4) is 0 Å². The Morgan fingerprint density at radius 2 is 1.86 bits per heavy atom. The number of carboxylic acids is 1. The number of aromatic nitrogens is 2. The molecule has 0 saturated heterocycles. The Hall–Kier alpha value is -3.94. The second-order valence-corrected chi connectivity index (χ2v) is 9.36. The molecule has 1 N–H and O–H groups in total. The third-order valence-electron chi connectivity index (χ3n) is 7.08. The zero-order chi connectivity index (χ0) is 25.0. The summed E-state index contributed by atoms with van der Waals surface area (Å²) in [4.78, 5) is 15.7. The van der Waals surface area contributed by atoms with Gasteiger partial charge >= 0.3 is 5.97 Å². The molecule has 0 spiro atoms. The van der Waals surface area contributed by atoms with Gasteiger partial charge in [0, 0.05) is 41.5 Å². The average Bonchev–Trinajstić information content (AvgIpc) is 3.55. The van der Waals surface area contributed by atoms with Crippen LogP contribution < -0.4 is 9.47 Å². The number of hydrogen-bond donors (Lipinski definition) is 1. The minimum absolute atomic E-state index is 0.0538. The van der Waals surface area contributed by atoms with Crippen LogP contribution in [0, 0.1) is 11.6 Å². The molecule has 0 fully saturated rings. The number of halogens is 2. The third-order valence-corrected chi connectivity index (χ3v) is 7.08. The quantitative estimate of drug-likeness (QED) is 0.385. The number of aliphatic carboxylic acids is 1. The fraction of sp³-hybridized carbons (Fsp3) is 0.286. The van der Waals surface area contributed by atoms with Crippen LogP contribution >= 0.6 is 0 Å². The van der Waals surface area contributed by atoms with E-state index in [2.05, 4.69) is 4.98 Å². The molecule has 0 bridgehead atoms. The number of hydrogen-bond acceptors (Lipinski definition) is 4. The highest BCUT2D eigenvalue weighted by Crippen LogP contribution is 2.43. The van der Waals surface area contributed by atoms with Crippen molar-refractivity contribution in [3.63, 3.8) is 0 Å². The van der Waals surface area contributed by atoms with Gasteiger partial charge in [0.1, 0.15) is 17.3 Å². The molecule has 1 aromatic heterocycles. The Labute approximate surface area is 206 Å². The molecule has 0 aliphatic carbocycles. The number of nitrogens with zero attached hydrogens (tertiary/aromatic N) is 2. The first-order chi connectivity index (χ1) is 17.4. The molecule has 3 aromatic carbocycles. The average molecular weight is 491 g/mol. The molecule has 0 amide bonds. The SMILES string of the molecule is CCc1nc2cc(F)c(F)cc2n1-c1cccc2c1OC[C@H]2Cc1ccc2c(c1)OC[C@H]2CC(=O)O. The van der Waals surface area contributed by atoms with Gasteiger partial charge in [0.05, 0.1) is 36.4 Å². The molecule has 184 valence electrons. The lowest BCUT2D eigenvalue weighted by atomic mass is 9.91. The molecular weight excluding hydrogens is 466 g/mol. The molecule has 8 heteroatoms. The number of ether oxygens (including phenoxy) is 2. The van der Waals surface area contributed by atoms with Crippen LogP contribution in [0.1, 0.15) is 47.7 Å². The standard InChI is InChI=1S/C28H24F2N2O4/c1-2-26-31-22-11-20(29)21(30)12-24(22)32(26)23-5-3-4-19-16(14-36-28(19)23)8-15-6-7-18-17(10-27(33)34)13-35-25(18)9-15/h3-7,9,11-12,16-17H,2,8,10,13-14H2,1H3,(H,33,34)/t16-,17-/m1/s1. The molecule has 6 rings (SSSR count). The van der Waals surface area contributed by atoms with Crippen molar-refractivity contribution in [2.45, 2.75) is 38.0 Å². The van der Waals surface area contributed by atoms with Crippen molar-refractivity contribution in [1.82, 2.24) is 9.55 Å². The van der Waals surface area contributed by atoms with E-state index < -0.39 is 17.6 Å². The van der Waals surface area contributed by atoms with E-state index in [9.17, 15) is 13.6 Å². The predicted molar refractivity (Wildman–Crippen MR) is 129 cm³/mol. The minimum Gasteiger partial charge on any atom is -0.493 e. The number of para-hydroxylation sites is 1. The van der Waals surface area contributed by atoms with Crippen molar-refractivity contribution >= 4 is 17.0 Å². The van der Waals surface area contributed by atoms with E-state index in [1.165, 1.54) is 6.07 Å². The van der Waals surface area contributed by atoms with Gasteiger partial charge in [-0.15, -0.1) is 0 Å². The van der Waals surface area contributed by atoms with Crippen molar-refractivity contribution in [2.75, 3.05) is 13.2 Å². The van der Waals surface area contributed by atoms with E-state index in [1.807, 2.05) is 47.9 Å². The summed E-state index contributed by atoms with van der Waals surface area (Å²) in [5.74, 6) is -0.524. The molecule has 0 radical (unpaired) electrons. The highest BCUT2D eigenvalue weighted by molar-refractivity contribution is 5.80. The predicted octanol–water partition coefficient (Wildman–Crippen LogP) is 5.54. The van der Waals surface area contributed by atoms with Crippen LogP contribution in [0.4, 0.5) is 8.78 Å². The number of carbonyl (C=O) groups is 1. The van der Waals surface area contributed by atoms with Gasteiger partial charge in [-0.25, -0.2) is 13.8 Å². The van der Waals surface area contributed by atoms with Crippen molar-refractivity contribution in [3.8, 4) is 17.2 Å². The first-order valence-electron chi connectivity index (χ1n) is 12.0. The lowest BCUT2D eigenvalue weighted by molar-refractivity contribution is -0.137. The maximum atomic E-state index is 14.1. The monoisotopic (exact) mass is 490 g/mol. The van der Waals surface area contributed by atoms with E-state index in [0.717, 1.165) is 46.4 Å². The van der Waals surface area contributed by atoms with Crippen molar-refractivity contribution < 1.29 is 28.2 Å². The molecule has 2 aliphatic rings. The number of fused-ring (bicyclic) bond motifs is 3. The Morgan fingerprint density at radius 3 is 2.67 bits per heavy atom. The van der Waals surface area contributed by atoms with Crippen molar-refractivity contribution in [3.05, 3.63) is 82.7 Å². The van der Waals surface area contributed by atoms with Gasteiger partial charge in [-0.05, 0) is 24.1 Å². The fourth-order valence-electron chi connectivity index (χ4n) is 5.38. The normalized spacial score (nSPS) is 18.1. The lowest BCUT2D eigenvalue weighted by Gasteiger charge is -2.13. The van der Waals surface area contributed by atoms with Gasteiger partial charge in [0.15, 0.2) is 11.6 Å². The van der Waals surface area contributed by atoms with Crippen LogP contribution in [-0.2, 0) is 17.6 Å². The number of imidazole rings is 1. The smallest absolute Gasteiger partial charge is 0.304 e. The Bertz CT molecular complexity index is 1510. The molecule has 0 unspecified atom stereocenters. The summed E-state index contributed by atoms with van der Waals surface area (Å²) >= 11 is 0. The molecule has 3 heterocycles. The van der Waals surface area contributed by atoms with E-state index in [-0.39, 0.29) is 18.3 Å². The van der Waals surface area contributed by atoms with Crippen LogP contribution in [-0.4, -0.2) is 33.8 Å². The summed E-state index contributed by atoms with van der Waals surface area (Å²) in [7, 11) is 0. The second-order valence-electron chi connectivity index (χ2n) is 9.36. The maximum Gasteiger partial charge on any atom is 0.304 e. The Balaban J connectivity index is 1.33. The molecule has 36 heavy (non-hydrogen) atoms. The highest BCUT2D eigenvalue weighted by atomic mass is 19.2. The maximum absolute atomic E-state index is 14.1. The van der Waals surface area contributed by atoms with E-state index in [0.29, 0.717) is 36.5 Å². The van der Waals surface area contributed by atoms with Crippen LogP contribution in [0.2, 0.25) is 0 Å². The summed E-state index contributed by atoms with van der Waals surface area (Å²) in [6.07, 6.45) is 1.36. The van der Waals surface area contributed by atoms with E-state index in [4.69, 9.17) is 14.6 Å². The summed E-state index contributed by atoms with van der Waals surface area (Å²) in [5.41, 5.74) is 4.72. The summed E-state index contributed by atoms with van der Waals surface area (Å²) < 4.78 is 41.8. The first-order valence-corrected chi connectivity index (χ1v) is 12.0. The van der Waals surface area contributed by atoms with Crippen LogP contribution in [0.25, 0.3) is 16.7 Å².